The molecule has 2 N–H and O–H groups in total. The van der Waals surface area contributed by atoms with Gasteiger partial charge in [0, 0.05) is 26.3 Å². The van der Waals surface area contributed by atoms with E-state index in [-0.39, 0.29) is 17.6 Å². The number of amides is 1. The Hall–Kier alpha value is -1.49. The maximum absolute atomic E-state index is 12.5. The van der Waals surface area contributed by atoms with E-state index in [1.54, 1.807) is 16.8 Å². The van der Waals surface area contributed by atoms with Crippen LogP contribution in [0.5, 0.6) is 0 Å². The van der Waals surface area contributed by atoms with Gasteiger partial charge >= 0.3 is 0 Å². The van der Waals surface area contributed by atoms with E-state index in [0.717, 1.165) is 0 Å². The van der Waals surface area contributed by atoms with Gasteiger partial charge in [-0.15, -0.1) is 0 Å². The Balaban J connectivity index is 2.21. The first kappa shape index (κ1) is 13.0. The van der Waals surface area contributed by atoms with Crippen LogP contribution in [-0.2, 0) is 11.8 Å². The molecule has 5 nitrogen and oxygen atoms in total. The lowest BCUT2D eigenvalue weighted by molar-refractivity contribution is -0.119. The standard InChI is InChI=1S/C13H21N3O2/c1-9-6-16(8-13(2,3)18-9)12(17)11-5-10(14)7-15(11)4/h5,7,9H,6,8,14H2,1-4H3. The molecule has 1 unspecified atom stereocenters. The second kappa shape index (κ2) is 4.31. The number of hydrogen-bond donors (Lipinski definition) is 1. The first-order valence-corrected chi connectivity index (χ1v) is 6.17. The molecule has 18 heavy (non-hydrogen) atoms. The Morgan fingerprint density at radius 3 is 2.72 bits per heavy atom. The van der Waals surface area contributed by atoms with Crippen LogP contribution in [0.25, 0.3) is 0 Å². The lowest BCUT2D eigenvalue weighted by Crippen LogP contribution is -2.54. The largest absolute Gasteiger partial charge is 0.397 e. The molecule has 1 atom stereocenters. The van der Waals surface area contributed by atoms with E-state index in [0.29, 0.717) is 24.5 Å². The van der Waals surface area contributed by atoms with Gasteiger partial charge in [-0.05, 0) is 26.8 Å². The fraction of sp³-hybridized carbons (Fsp3) is 0.615. The fourth-order valence-electron chi connectivity index (χ4n) is 2.57. The van der Waals surface area contributed by atoms with Crippen LogP contribution in [0, 0.1) is 0 Å². The number of hydrogen-bond acceptors (Lipinski definition) is 3. The van der Waals surface area contributed by atoms with Crippen LogP contribution in [-0.4, -0.2) is 40.2 Å². The molecule has 1 aliphatic heterocycles. The zero-order valence-corrected chi connectivity index (χ0v) is 11.4. The minimum absolute atomic E-state index is 0.0115. The summed E-state index contributed by atoms with van der Waals surface area (Å²) < 4.78 is 7.57. The normalized spacial score (nSPS) is 23.1. The molecule has 1 aliphatic rings. The molecule has 2 heterocycles. The molecule has 1 aromatic heterocycles. The number of nitrogens with two attached hydrogens (primary N) is 1. The second-order valence-corrected chi connectivity index (χ2v) is 5.64. The van der Waals surface area contributed by atoms with E-state index in [1.807, 2.05) is 32.7 Å². The van der Waals surface area contributed by atoms with Crippen LogP contribution < -0.4 is 5.73 Å². The van der Waals surface area contributed by atoms with E-state index < -0.39 is 0 Å². The topological polar surface area (TPSA) is 60.5 Å². The summed E-state index contributed by atoms with van der Waals surface area (Å²) in [6, 6.07) is 1.72. The molecule has 1 amide bonds. The summed E-state index contributed by atoms with van der Waals surface area (Å²) in [7, 11) is 1.83. The number of nitrogens with zero attached hydrogens (tertiary/aromatic N) is 2. The molecule has 1 saturated heterocycles. The number of aromatic nitrogens is 1. The number of ether oxygens (including phenoxy) is 1. The van der Waals surface area contributed by atoms with Crippen LogP contribution >= 0.6 is 0 Å². The fourth-order valence-corrected chi connectivity index (χ4v) is 2.57. The lowest BCUT2D eigenvalue weighted by atomic mass is 10.1. The highest BCUT2D eigenvalue weighted by molar-refractivity contribution is 5.94. The highest BCUT2D eigenvalue weighted by Gasteiger charge is 2.34. The average molecular weight is 251 g/mol. The van der Waals surface area contributed by atoms with Gasteiger partial charge in [0.05, 0.1) is 17.4 Å². The highest BCUT2D eigenvalue weighted by Crippen LogP contribution is 2.23. The lowest BCUT2D eigenvalue weighted by Gasteiger charge is -2.41. The number of anilines is 1. The Morgan fingerprint density at radius 1 is 1.56 bits per heavy atom. The van der Waals surface area contributed by atoms with Crippen molar-refractivity contribution in [3.05, 3.63) is 18.0 Å². The van der Waals surface area contributed by atoms with Crippen LogP contribution in [0.3, 0.4) is 0 Å². The number of carbonyl (C=O) groups excluding carboxylic acids is 1. The first-order valence-electron chi connectivity index (χ1n) is 6.17. The third-order valence-corrected chi connectivity index (χ3v) is 3.10. The van der Waals surface area contributed by atoms with Gasteiger partial charge in [-0.25, -0.2) is 0 Å². The van der Waals surface area contributed by atoms with Crippen LogP contribution in [0.1, 0.15) is 31.3 Å². The summed E-state index contributed by atoms with van der Waals surface area (Å²) in [5.41, 5.74) is 6.64. The van der Waals surface area contributed by atoms with E-state index in [9.17, 15) is 4.79 Å². The van der Waals surface area contributed by atoms with E-state index >= 15 is 0 Å². The van der Waals surface area contributed by atoms with Gasteiger partial charge in [0.15, 0.2) is 0 Å². The predicted octanol–water partition coefficient (Wildman–Crippen LogP) is 1.25. The van der Waals surface area contributed by atoms with Crippen molar-refractivity contribution in [1.29, 1.82) is 0 Å². The molecule has 5 heteroatoms. The minimum Gasteiger partial charge on any atom is -0.397 e. The van der Waals surface area contributed by atoms with E-state index in [2.05, 4.69) is 0 Å². The van der Waals surface area contributed by atoms with Crippen molar-refractivity contribution in [2.45, 2.75) is 32.5 Å². The summed E-state index contributed by atoms with van der Waals surface area (Å²) in [6.45, 7) is 7.21. The molecular formula is C13H21N3O2. The summed E-state index contributed by atoms with van der Waals surface area (Å²) in [5.74, 6) is 0.0115. The third-order valence-electron chi connectivity index (χ3n) is 3.10. The van der Waals surface area contributed by atoms with Crippen molar-refractivity contribution >= 4 is 11.6 Å². The monoisotopic (exact) mass is 251 g/mol. The number of nitrogen functional groups attached to an aromatic ring is 1. The van der Waals surface area contributed by atoms with Crippen molar-refractivity contribution < 1.29 is 9.53 Å². The Morgan fingerprint density at radius 2 is 2.22 bits per heavy atom. The molecule has 0 saturated carbocycles. The zero-order chi connectivity index (χ0) is 13.5. The molecule has 2 rings (SSSR count). The average Bonchev–Trinajstić information content (AvgIpc) is 2.53. The van der Waals surface area contributed by atoms with Gasteiger partial charge < -0.3 is 19.9 Å². The minimum atomic E-state index is -0.302. The first-order chi connectivity index (χ1) is 8.28. The van der Waals surface area contributed by atoms with Crippen molar-refractivity contribution in [3.63, 3.8) is 0 Å². The summed E-state index contributed by atoms with van der Waals surface area (Å²) in [6.07, 6.45) is 1.80. The molecule has 100 valence electrons. The van der Waals surface area contributed by atoms with E-state index in [1.165, 1.54) is 0 Å². The zero-order valence-electron chi connectivity index (χ0n) is 11.4. The van der Waals surface area contributed by atoms with Crippen molar-refractivity contribution in [1.82, 2.24) is 9.47 Å². The van der Waals surface area contributed by atoms with Crippen LogP contribution in [0.2, 0.25) is 0 Å². The van der Waals surface area contributed by atoms with Gasteiger partial charge in [-0.1, -0.05) is 0 Å². The SMILES string of the molecule is CC1CN(C(=O)c2cc(N)cn2C)CC(C)(C)O1. The summed E-state index contributed by atoms with van der Waals surface area (Å²) in [5, 5.41) is 0. The third kappa shape index (κ3) is 2.51. The Labute approximate surface area is 108 Å². The second-order valence-electron chi connectivity index (χ2n) is 5.64. The summed E-state index contributed by atoms with van der Waals surface area (Å²) in [4.78, 5) is 14.3. The Bertz CT molecular complexity index is 465. The molecule has 0 spiro atoms. The molecule has 1 fully saturated rings. The van der Waals surface area contributed by atoms with Crippen molar-refractivity contribution in [2.75, 3.05) is 18.8 Å². The van der Waals surface area contributed by atoms with Gasteiger partial charge in [-0.2, -0.15) is 0 Å². The number of aryl methyl sites for hydroxylation is 1. The molecular weight excluding hydrogens is 230 g/mol. The van der Waals surface area contributed by atoms with Gasteiger partial charge in [-0.3, -0.25) is 4.79 Å². The number of carbonyl (C=O) groups is 1. The van der Waals surface area contributed by atoms with Gasteiger partial charge in [0.1, 0.15) is 5.69 Å². The van der Waals surface area contributed by atoms with Crippen LogP contribution in [0.4, 0.5) is 5.69 Å². The van der Waals surface area contributed by atoms with Gasteiger partial charge in [0.2, 0.25) is 0 Å². The molecule has 1 aromatic rings. The van der Waals surface area contributed by atoms with Crippen molar-refractivity contribution in [3.8, 4) is 0 Å². The van der Waals surface area contributed by atoms with Gasteiger partial charge in [0.25, 0.3) is 5.91 Å². The maximum Gasteiger partial charge on any atom is 0.270 e. The number of rotatable bonds is 1. The number of morpholine rings is 1. The van der Waals surface area contributed by atoms with Crippen LogP contribution in [0.15, 0.2) is 12.3 Å². The highest BCUT2D eigenvalue weighted by atomic mass is 16.5. The molecule has 0 radical (unpaired) electrons. The molecule has 0 aromatic carbocycles. The van der Waals surface area contributed by atoms with Crippen molar-refractivity contribution in [2.24, 2.45) is 7.05 Å². The maximum atomic E-state index is 12.5. The Kier molecular flexibility index (Phi) is 3.11. The molecule has 0 aliphatic carbocycles. The summed E-state index contributed by atoms with van der Waals surface area (Å²) >= 11 is 0. The predicted molar refractivity (Wildman–Crippen MR) is 70.4 cm³/mol. The smallest absolute Gasteiger partial charge is 0.270 e. The quantitative estimate of drug-likeness (QED) is 0.817. The molecule has 0 bridgehead atoms. The van der Waals surface area contributed by atoms with E-state index in [4.69, 9.17) is 10.5 Å².